The maximum absolute atomic E-state index is 13.9. The van der Waals surface area contributed by atoms with E-state index >= 15 is 0 Å². The molecule has 2 rings (SSSR count). The molecule has 0 amide bonds. The van der Waals surface area contributed by atoms with Crippen molar-refractivity contribution < 1.29 is 9.13 Å². The normalized spacial score (nSPS) is 10.6. The van der Waals surface area contributed by atoms with Crippen LogP contribution in [0.3, 0.4) is 0 Å². The third-order valence-corrected chi connectivity index (χ3v) is 3.57. The molecule has 0 fully saturated rings. The van der Waals surface area contributed by atoms with Gasteiger partial charge in [0.1, 0.15) is 17.3 Å². The van der Waals surface area contributed by atoms with Gasteiger partial charge in [-0.15, -0.1) is 0 Å². The lowest BCUT2D eigenvalue weighted by Crippen LogP contribution is -2.15. The molecule has 20 heavy (non-hydrogen) atoms. The van der Waals surface area contributed by atoms with E-state index in [2.05, 4.69) is 34.8 Å². The van der Waals surface area contributed by atoms with Gasteiger partial charge in [0.15, 0.2) is 0 Å². The van der Waals surface area contributed by atoms with Crippen LogP contribution < -0.4 is 10.1 Å². The number of ether oxygens (including phenoxy) is 1. The zero-order valence-electron chi connectivity index (χ0n) is 11.3. The topological polar surface area (TPSA) is 21.3 Å². The Morgan fingerprint density at radius 3 is 2.60 bits per heavy atom. The summed E-state index contributed by atoms with van der Waals surface area (Å²) in [5.74, 6) is 1.04. The Balaban J connectivity index is 2.17. The molecule has 2 aromatic rings. The highest BCUT2D eigenvalue weighted by molar-refractivity contribution is 14.1. The van der Waals surface area contributed by atoms with E-state index in [1.54, 1.807) is 12.1 Å². The fraction of sp³-hybridized carbons (Fsp3) is 0.250. The molecular weight excluding hydrogens is 368 g/mol. The number of benzene rings is 2. The quantitative estimate of drug-likeness (QED) is 0.574. The van der Waals surface area contributed by atoms with Crippen molar-refractivity contribution >= 4 is 22.6 Å². The first-order valence-corrected chi connectivity index (χ1v) is 7.70. The van der Waals surface area contributed by atoms with E-state index in [9.17, 15) is 4.39 Å². The van der Waals surface area contributed by atoms with Crippen molar-refractivity contribution in [2.75, 3.05) is 6.54 Å². The molecule has 0 bridgehead atoms. The summed E-state index contributed by atoms with van der Waals surface area (Å²) in [6, 6.07) is 12.6. The number of halogens is 2. The minimum Gasteiger partial charge on any atom is -0.457 e. The van der Waals surface area contributed by atoms with E-state index in [4.69, 9.17) is 4.74 Å². The Morgan fingerprint density at radius 2 is 1.90 bits per heavy atom. The molecule has 0 aromatic heterocycles. The maximum atomic E-state index is 13.9. The molecule has 0 unspecified atom stereocenters. The summed E-state index contributed by atoms with van der Waals surface area (Å²) in [6.45, 7) is 3.41. The van der Waals surface area contributed by atoms with Crippen molar-refractivity contribution in [2.45, 2.75) is 19.9 Å². The Morgan fingerprint density at radius 1 is 1.15 bits per heavy atom. The van der Waals surface area contributed by atoms with Gasteiger partial charge < -0.3 is 10.1 Å². The van der Waals surface area contributed by atoms with Crippen LogP contribution in [0.5, 0.6) is 11.5 Å². The van der Waals surface area contributed by atoms with E-state index in [1.807, 2.05) is 24.3 Å². The molecule has 0 heterocycles. The minimum absolute atomic E-state index is 0.239. The largest absolute Gasteiger partial charge is 0.457 e. The zero-order valence-corrected chi connectivity index (χ0v) is 13.5. The molecule has 0 spiro atoms. The summed E-state index contributed by atoms with van der Waals surface area (Å²) in [5, 5.41) is 3.21. The van der Waals surface area contributed by atoms with Crippen LogP contribution in [0.4, 0.5) is 4.39 Å². The van der Waals surface area contributed by atoms with Gasteiger partial charge in [-0.1, -0.05) is 13.0 Å². The van der Waals surface area contributed by atoms with Gasteiger partial charge in [0.2, 0.25) is 0 Å². The first-order chi connectivity index (χ1) is 9.70. The summed E-state index contributed by atoms with van der Waals surface area (Å²) < 4.78 is 20.9. The summed E-state index contributed by atoms with van der Waals surface area (Å²) in [7, 11) is 0. The van der Waals surface area contributed by atoms with E-state index in [0.29, 0.717) is 23.6 Å². The van der Waals surface area contributed by atoms with Crippen LogP contribution in [0.2, 0.25) is 0 Å². The first-order valence-electron chi connectivity index (χ1n) is 6.62. The predicted molar refractivity (Wildman–Crippen MR) is 87.6 cm³/mol. The highest BCUT2D eigenvalue weighted by Gasteiger charge is 2.10. The van der Waals surface area contributed by atoms with Crippen LogP contribution in [0, 0.1) is 9.39 Å². The number of nitrogens with one attached hydrogen (secondary N) is 1. The van der Waals surface area contributed by atoms with Gasteiger partial charge in [-0.25, -0.2) is 4.39 Å². The molecule has 0 radical (unpaired) electrons. The van der Waals surface area contributed by atoms with E-state index in [0.717, 1.165) is 16.5 Å². The second kappa shape index (κ2) is 7.59. The van der Waals surface area contributed by atoms with Gasteiger partial charge in [-0.3, -0.25) is 0 Å². The third kappa shape index (κ3) is 4.18. The van der Waals surface area contributed by atoms with Crippen LogP contribution >= 0.6 is 22.6 Å². The predicted octanol–water partition coefficient (Wildman–Crippen LogP) is 4.72. The fourth-order valence-electron chi connectivity index (χ4n) is 1.83. The highest BCUT2D eigenvalue weighted by Crippen LogP contribution is 2.27. The lowest BCUT2D eigenvalue weighted by atomic mass is 10.2. The zero-order chi connectivity index (χ0) is 14.4. The summed E-state index contributed by atoms with van der Waals surface area (Å²) in [5.41, 5.74) is 0.569. The average Bonchev–Trinajstić information content (AvgIpc) is 2.44. The lowest BCUT2D eigenvalue weighted by Gasteiger charge is -2.12. The number of hydrogen-bond acceptors (Lipinski definition) is 2. The molecular formula is C16H17FINO. The average molecular weight is 385 g/mol. The van der Waals surface area contributed by atoms with Gasteiger partial charge in [-0.05, 0) is 72.0 Å². The van der Waals surface area contributed by atoms with Crippen molar-refractivity contribution in [1.29, 1.82) is 0 Å². The molecule has 106 valence electrons. The highest BCUT2D eigenvalue weighted by atomic mass is 127. The van der Waals surface area contributed by atoms with E-state index < -0.39 is 0 Å². The van der Waals surface area contributed by atoms with Crippen LogP contribution in [0.1, 0.15) is 18.9 Å². The molecule has 0 aliphatic heterocycles. The Bertz CT molecular complexity index is 557. The van der Waals surface area contributed by atoms with Crippen LogP contribution in [0.25, 0.3) is 0 Å². The Labute approximate surface area is 132 Å². The van der Waals surface area contributed by atoms with Crippen molar-refractivity contribution in [3.05, 3.63) is 57.4 Å². The molecule has 4 heteroatoms. The molecule has 1 N–H and O–H groups in total. The lowest BCUT2D eigenvalue weighted by molar-refractivity contribution is 0.462. The van der Waals surface area contributed by atoms with Crippen LogP contribution in [0.15, 0.2) is 42.5 Å². The smallest absolute Gasteiger partial charge is 0.134 e. The SMILES string of the molecule is CCCNCc1c(F)cccc1Oc1ccc(I)cc1. The molecule has 2 nitrogen and oxygen atoms in total. The number of rotatable bonds is 6. The van der Waals surface area contributed by atoms with E-state index in [-0.39, 0.29) is 5.82 Å². The second-order valence-corrected chi connectivity index (χ2v) is 5.69. The molecule has 0 saturated carbocycles. The Hall–Kier alpha value is -1.14. The van der Waals surface area contributed by atoms with Gasteiger partial charge in [0.25, 0.3) is 0 Å². The summed E-state index contributed by atoms with van der Waals surface area (Å²) in [6.07, 6.45) is 1.02. The summed E-state index contributed by atoms with van der Waals surface area (Å²) >= 11 is 2.24. The van der Waals surface area contributed by atoms with Gasteiger partial charge in [0.05, 0.1) is 0 Å². The molecule has 2 aromatic carbocycles. The van der Waals surface area contributed by atoms with Crippen LogP contribution in [-0.2, 0) is 6.54 Å². The standard InChI is InChI=1S/C16H17FINO/c1-2-10-19-11-14-15(17)4-3-5-16(14)20-13-8-6-12(18)7-9-13/h3-9,19H,2,10-11H2,1H3. The van der Waals surface area contributed by atoms with Crippen molar-refractivity contribution in [3.8, 4) is 11.5 Å². The summed E-state index contributed by atoms with van der Waals surface area (Å²) in [4.78, 5) is 0. The first kappa shape index (κ1) is 15.3. The Kier molecular flexibility index (Phi) is 5.79. The number of hydrogen-bond donors (Lipinski definition) is 1. The minimum atomic E-state index is -0.239. The van der Waals surface area contributed by atoms with Crippen molar-refractivity contribution in [3.63, 3.8) is 0 Å². The van der Waals surface area contributed by atoms with Crippen LogP contribution in [-0.4, -0.2) is 6.54 Å². The van der Waals surface area contributed by atoms with Crippen molar-refractivity contribution in [1.82, 2.24) is 5.32 Å². The molecule has 0 saturated heterocycles. The fourth-order valence-corrected chi connectivity index (χ4v) is 2.19. The molecule has 0 aliphatic rings. The maximum Gasteiger partial charge on any atom is 0.134 e. The van der Waals surface area contributed by atoms with Crippen molar-refractivity contribution in [2.24, 2.45) is 0 Å². The van der Waals surface area contributed by atoms with Gasteiger partial charge >= 0.3 is 0 Å². The molecule has 0 atom stereocenters. The van der Waals surface area contributed by atoms with Gasteiger partial charge in [0, 0.05) is 15.7 Å². The monoisotopic (exact) mass is 385 g/mol. The molecule has 0 aliphatic carbocycles. The second-order valence-electron chi connectivity index (χ2n) is 4.45. The third-order valence-electron chi connectivity index (χ3n) is 2.85. The van der Waals surface area contributed by atoms with Gasteiger partial charge in [-0.2, -0.15) is 0 Å². The van der Waals surface area contributed by atoms with E-state index in [1.165, 1.54) is 6.07 Å².